The molecular formula is C25H36N2O6. The van der Waals surface area contributed by atoms with Gasteiger partial charge in [0.1, 0.15) is 17.6 Å². The van der Waals surface area contributed by atoms with E-state index in [1.165, 1.54) is 4.90 Å². The number of nitrogens with zero attached hydrogens (tertiary/aromatic N) is 2. The van der Waals surface area contributed by atoms with Crippen LogP contribution >= 0.6 is 0 Å². The summed E-state index contributed by atoms with van der Waals surface area (Å²) < 4.78 is 12.0. The zero-order valence-corrected chi connectivity index (χ0v) is 20.0. The largest absolute Gasteiger partial charge is 0.465 e. The Balaban J connectivity index is 1.85. The number of aliphatic hydroxyl groups excluding tert-OH is 1. The number of cyclic esters (lactones) is 1. The summed E-state index contributed by atoms with van der Waals surface area (Å²) in [5.74, 6) is -2.78. The van der Waals surface area contributed by atoms with Crippen molar-refractivity contribution in [3.8, 4) is 0 Å². The summed E-state index contributed by atoms with van der Waals surface area (Å²) in [5.41, 5.74) is -1.28. The molecule has 0 aromatic carbocycles. The van der Waals surface area contributed by atoms with E-state index in [1.54, 1.807) is 4.90 Å². The Kier molecular flexibility index (Phi) is 6.69. The number of esters is 1. The van der Waals surface area contributed by atoms with Crippen LogP contribution in [0.1, 0.15) is 47.0 Å². The number of carbonyl (C=O) groups excluding carboxylic acids is 3. The molecule has 182 valence electrons. The fourth-order valence-corrected chi connectivity index (χ4v) is 6.01. The van der Waals surface area contributed by atoms with Gasteiger partial charge in [0.15, 0.2) is 0 Å². The van der Waals surface area contributed by atoms with Gasteiger partial charge in [0.2, 0.25) is 11.8 Å². The highest BCUT2D eigenvalue weighted by atomic mass is 16.6. The third-order valence-electron chi connectivity index (χ3n) is 7.64. The van der Waals surface area contributed by atoms with Crippen LogP contribution in [0.3, 0.4) is 0 Å². The molecule has 2 saturated heterocycles. The normalized spacial score (nSPS) is 35.5. The zero-order chi connectivity index (χ0) is 23.9. The third-order valence-corrected chi connectivity index (χ3v) is 7.64. The van der Waals surface area contributed by atoms with Crippen LogP contribution in [0.4, 0.5) is 0 Å². The molecule has 4 rings (SSSR count). The molecule has 2 unspecified atom stereocenters. The minimum Gasteiger partial charge on any atom is -0.465 e. The molecule has 0 radical (unpaired) electrons. The van der Waals surface area contributed by atoms with Gasteiger partial charge in [-0.25, -0.2) is 0 Å². The van der Waals surface area contributed by atoms with Crippen molar-refractivity contribution in [1.29, 1.82) is 0 Å². The van der Waals surface area contributed by atoms with Crippen LogP contribution in [0, 0.1) is 17.8 Å². The van der Waals surface area contributed by atoms with E-state index in [1.807, 2.05) is 45.1 Å². The number of hydrogen-bond acceptors (Lipinski definition) is 6. The summed E-state index contributed by atoms with van der Waals surface area (Å²) in [7, 11) is 0. The van der Waals surface area contributed by atoms with Crippen molar-refractivity contribution in [3.05, 3.63) is 24.3 Å². The number of likely N-dealkylation sites (tertiary alicyclic amines) is 1. The molecule has 4 aliphatic rings. The van der Waals surface area contributed by atoms with Crippen LogP contribution in [-0.2, 0) is 23.9 Å². The van der Waals surface area contributed by atoms with Gasteiger partial charge in [-0.3, -0.25) is 14.4 Å². The van der Waals surface area contributed by atoms with E-state index in [2.05, 4.69) is 6.92 Å². The first kappa shape index (κ1) is 24.0. The minimum absolute atomic E-state index is 0.00938. The Morgan fingerprint density at radius 2 is 1.94 bits per heavy atom. The van der Waals surface area contributed by atoms with Crippen molar-refractivity contribution in [3.63, 3.8) is 0 Å². The minimum atomic E-state index is -1.28. The van der Waals surface area contributed by atoms with Crippen LogP contribution < -0.4 is 0 Å². The molecule has 4 aliphatic heterocycles. The van der Waals surface area contributed by atoms with Crippen LogP contribution in [0.2, 0.25) is 0 Å². The molecule has 0 aromatic heterocycles. The quantitative estimate of drug-likeness (QED) is 0.479. The van der Waals surface area contributed by atoms with Crippen molar-refractivity contribution in [2.75, 3.05) is 19.8 Å². The average molecular weight is 461 g/mol. The van der Waals surface area contributed by atoms with Crippen molar-refractivity contribution in [2.45, 2.75) is 76.8 Å². The topological polar surface area (TPSA) is 96.4 Å². The monoisotopic (exact) mass is 460 g/mol. The fraction of sp³-hybridized carbons (Fsp3) is 0.720. The van der Waals surface area contributed by atoms with Gasteiger partial charge in [-0.2, -0.15) is 0 Å². The molecule has 4 heterocycles. The Morgan fingerprint density at radius 3 is 2.61 bits per heavy atom. The molecule has 33 heavy (non-hydrogen) atoms. The predicted molar refractivity (Wildman–Crippen MR) is 121 cm³/mol. The fourth-order valence-electron chi connectivity index (χ4n) is 6.01. The van der Waals surface area contributed by atoms with E-state index < -0.39 is 41.6 Å². The lowest BCUT2D eigenvalue weighted by Gasteiger charge is -2.41. The van der Waals surface area contributed by atoms with E-state index in [9.17, 15) is 19.5 Å². The van der Waals surface area contributed by atoms with E-state index in [4.69, 9.17) is 9.47 Å². The predicted octanol–water partition coefficient (Wildman–Crippen LogP) is 1.67. The highest BCUT2D eigenvalue weighted by Gasteiger charge is 2.72. The Hall–Kier alpha value is -2.19. The summed E-state index contributed by atoms with van der Waals surface area (Å²) in [6, 6.07) is -1.52. The van der Waals surface area contributed by atoms with Gasteiger partial charge in [0.25, 0.3) is 0 Å². The van der Waals surface area contributed by atoms with Gasteiger partial charge in [-0.05, 0) is 25.7 Å². The summed E-state index contributed by atoms with van der Waals surface area (Å²) in [6.45, 7) is 8.32. The van der Waals surface area contributed by atoms with Gasteiger partial charge in [-0.15, -0.1) is 0 Å². The van der Waals surface area contributed by atoms with E-state index in [0.717, 1.165) is 12.8 Å². The second-order valence-corrected chi connectivity index (χ2v) is 10.00. The number of rotatable bonds is 6. The van der Waals surface area contributed by atoms with Gasteiger partial charge >= 0.3 is 5.97 Å². The first-order chi connectivity index (χ1) is 15.8. The summed E-state index contributed by atoms with van der Waals surface area (Å²) >= 11 is 0. The van der Waals surface area contributed by atoms with Crippen molar-refractivity contribution in [2.24, 2.45) is 17.8 Å². The maximum absolute atomic E-state index is 14.1. The second-order valence-electron chi connectivity index (χ2n) is 10.00. The maximum Gasteiger partial charge on any atom is 0.312 e. The number of carbonyl (C=O) groups is 3. The summed E-state index contributed by atoms with van der Waals surface area (Å²) in [6.07, 6.45) is 9.17. The molecule has 0 aliphatic carbocycles. The highest BCUT2D eigenvalue weighted by molar-refractivity contribution is 5.99. The molecule has 0 bridgehead atoms. The van der Waals surface area contributed by atoms with E-state index in [0.29, 0.717) is 13.0 Å². The van der Waals surface area contributed by atoms with E-state index >= 15 is 0 Å². The lowest BCUT2D eigenvalue weighted by atomic mass is 9.77. The molecule has 2 fully saturated rings. The highest BCUT2D eigenvalue weighted by Crippen LogP contribution is 2.54. The SMILES string of the molecule is CCCC(C)N1CC=C[C@]23O[C@@H]4C=CCCOC(=O)[C@@H]4[C@H]2C(=O)N([C@@H](CO)C(C)C)C3C1=O. The second kappa shape index (κ2) is 9.22. The number of fused-ring (bicyclic) bond motifs is 2. The molecule has 7 atom stereocenters. The number of hydrogen-bond donors (Lipinski definition) is 1. The smallest absolute Gasteiger partial charge is 0.312 e. The maximum atomic E-state index is 14.1. The third kappa shape index (κ3) is 3.71. The van der Waals surface area contributed by atoms with Crippen LogP contribution in [0.25, 0.3) is 0 Å². The Labute approximate surface area is 195 Å². The first-order valence-electron chi connectivity index (χ1n) is 12.2. The lowest BCUT2D eigenvalue weighted by Crippen LogP contribution is -2.60. The summed E-state index contributed by atoms with van der Waals surface area (Å²) in [5, 5.41) is 10.2. The van der Waals surface area contributed by atoms with Crippen molar-refractivity contribution < 1.29 is 29.0 Å². The Bertz CT molecular complexity index is 854. The van der Waals surface area contributed by atoms with Gasteiger partial charge in [0, 0.05) is 12.6 Å². The average Bonchev–Trinajstić information content (AvgIpc) is 3.13. The van der Waals surface area contributed by atoms with E-state index in [-0.39, 0.29) is 37.0 Å². The molecule has 0 aromatic rings. The van der Waals surface area contributed by atoms with Crippen molar-refractivity contribution >= 4 is 17.8 Å². The number of amides is 2. The van der Waals surface area contributed by atoms with Crippen LogP contribution in [0.5, 0.6) is 0 Å². The molecule has 1 spiro atoms. The zero-order valence-electron chi connectivity index (χ0n) is 20.0. The van der Waals surface area contributed by atoms with Gasteiger partial charge in [-0.1, -0.05) is 51.5 Å². The molecule has 8 nitrogen and oxygen atoms in total. The number of aliphatic hydroxyl groups is 1. The summed E-state index contributed by atoms with van der Waals surface area (Å²) in [4.78, 5) is 44.5. The molecule has 8 heteroatoms. The van der Waals surface area contributed by atoms with Crippen LogP contribution in [-0.4, -0.2) is 82.3 Å². The van der Waals surface area contributed by atoms with Gasteiger partial charge < -0.3 is 24.4 Å². The van der Waals surface area contributed by atoms with Crippen LogP contribution in [0.15, 0.2) is 24.3 Å². The number of ether oxygens (including phenoxy) is 2. The standard InChI is InChI=1S/C25H36N2O6/c1-5-9-16(4)26-12-8-11-25-20(19-18(33-25)10-6-7-13-32-24(19)31)22(29)27(21(25)23(26)30)17(14-28)15(2)3/h6,8,10-11,15-21,28H,5,7,9,12-14H2,1-4H3/t16?,17-,18+,19-,20-,21?,25-/m0/s1. The van der Waals surface area contributed by atoms with Gasteiger partial charge in [0.05, 0.1) is 31.3 Å². The molecule has 2 amide bonds. The first-order valence-corrected chi connectivity index (χ1v) is 12.2. The molecule has 0 saturated carbocycles. The molecular weight excluding hydrogens is 424 g/mol. The molecule has 1 N–H and O–H groups in total. The Morgan fingerprint density at radius 1 is 1.18 bits per heavy atom. The lowest BCUT2D eigenvalue weighted by molar-refractivity contribution is -0.157. The van der Waals surface area contributed by atoms with Crippen molar-refractivity contribution in [1.82, 2.24) is 9.80 Å².